The number of esters is 1. The summed E-state index contributed by atoms with van der Waals surface area (Å²) >= 11 is 1.84. The highest BCUT2D eigenvalue weighted by Crippen LogP contribution is 2.52. The van der Waals surface area contributed by atoms with Crippen molar-refractivity contribution in [2.75, 3.05) is 19.6 Å². The number of nitrogens with zero attached hydrogens (tertiary/aromatic N) is 1. The molecule has 0 amide bonds. The summed E-state index contributed by atoms with van der Waals surface area (Å²) in [4.78, 5) is 16.0. The minimum Gasteiger partial charge on any atom is -0.456 e. The molecule has 1 aromatic rings. The van der Waals surface area contributed by atoms with Crippen LogP contribution in [0.4, 0.5) is 0 Å². The van der Waals surface area contributed by atoms with Crippen molar-refractivity contribution in [3.8, 4) is 0 Å². The van der Waals surface area contributed by atoms with Crippen LogP contribution in [-0.2, 0) is 9.53 Å². The monoisotopic (exact) mass is 303 g/mol. The molecule has 0 N–H and O–H groups in total. The van der Waals surface area contributed by atoms with Crippen molar-refractivity contribution in [2.45, 2.75) is 35.5 Å². The van der Waals surface area contributed by atoms with E-state index in [0.29, 0.717) is 5.92 Å². The molecule has 4 heteroatoms. The van der Waals surface area contributed by atoms with Gasteiger partial charge in [-0.2, -0.15) is 0 Å². The molecule has 4 fully saturated rings. The number of thioether (sulfide) groups is 1. The van der Waals surface area contributed by atoms with E-state index in [-0.39, 0.29) is 22.7 Å². The summed E-state index contributed by atoms with van der Waals surface area (Å²) in [6.45, 7) is 5.30. The van der Waals surface area contributed by atoms with Gasteiger partial charge in [0.25, 0.3) is 0 Å². The molecular formula is C17H21NO2S. The van der Waals surface area contributed by atoms with Crippen molar-refractivity contribution in [2.24, 2.45) is 11.8 Å². The van der Waals surface area contributed by atoms with Gasteiger partial charge in [0, 0.05) is 17.4 Å². The Hall–Kier alpha value is -1.00. The quantitative estimate of drug-likeness (QED) is 0.786. The SMILES string of the molecule is C[C@H]1C(=O)O[C@]2(CN3CCC2CC3)[C@@H]1Sc1ccccc1. The molecule has 0 aromatic heterocycles. The van der Waals surface area contributed by atoms with Gasteiger partial charge >= 0.3 is 5.97 Å². The molecule has 4 heterocycles. The topological polar surface area (TPSA) is 29.5 Å². The van der Waals surface area contributed by atoms with Gasteiger partial charge in [-0.15, -0.1) is 11.8 Å². The first kappa shape index (κ1) is 13.6. The van der Waals surface area contributed by atoms with E-state index >= 15 is 0 Å². The Morgan fingerprint density at radius 3 is 2.57 bits per heavy atom. The molecule has 4 aliphatic heterocycles. The Labute approximate surface area is 130 Å². The highest BCUT2D eigenvalue weighted by Gasteiger charge is 2.61. The van der Waals surface area contributed by atoms with E-state index in [2.05, 4.69) is 29.2 Å². The number of ether oxygens (including phenoxy) is 1. The molecule has 3 nitrogen and oxygen atoms in total. The zero-order chi connectivity index (χ0) is 14.4. The second-order valence-corrected chi connectivity index (χ2v) is 7.78. The van der Waals surface area contributed by atoms with Crippen LogP contribution >= 0.6 is 11.8 Å². The van der Waals surface area contributed by atoms with Crippen LogP contribution in [0.5, 0.6) is 0 Å². The minimum absolute atomic E-state index is 0.00261. The zero-order valence-corrected chi connectivity index (χ0v) is 13.1. The van der Waals surface area contributed by atoms with E-state index in [4.69, 9.17) is 4.74 Å². The third kappa shape index (κ3) is 2.11. The molecule has 2 bridgehead atoms. The first-order chi connectivity index (χ1) is 10.2. The molecule has 112 valence electrons. The van der Waals surface area contributed by atoms with Crippen molar-refractivity contribution >= 4 is 17.7 Å². The van der Waals surface area contributed by atoms with E-state index < -0.39 is 0 Å². The van der Waals surface area contributed by atoms with Crippen LogP contribution < -0.4 is 0 Å². The van der Waals surface area contributed by atoms with Gasteiger partial charge in [0.15, 0.2) is 0 Å². The second kappa shape index (κ2) is 5.03. The lowest BCUT2D eigenvalue weighted by Crippen LogP contribution is -2.63. The average Bonchev–Trinajstić information content (AvgIpc) is 2.74. The molecule has 21 heavy (non-hydrogen) atoms. The smallest absolute Gasteiger partial charge is 0.310 e. The van der Waals surface area contributed by atoms with Crippen LogP contribution in [0.2, 0.25) is 0 Å². The molecule has 4 saturated heterocycles. The fraction of sp³-hybridized carbons (Fsp3) is 0.588. The van der Waals surface area contributed by atoms with Crippen molar-refractivity contribution in [1.29, 1.82) is 0 Å². The number of benzene rings is 1. The second-order valence-electron chi connectivity index (χ2n) is 6.57. The summed E-state index contributed by atoms with van der Waals surface area (Å²) in [5, 5.41) is 0.237. The van der Waals surface area contributed by atoms with Gasteiger partial charge in [-0.25, -0.2) is 0 Å². The summed E-state index contributed by atoms with van der Waals surface area (Å²) in [6, 6.07) is 10.4. The molecule has 0 radical (unpaired) electrons. The van der Waals surface area contributed by atoms with Gasteiger partial charge in [0.2, 0.25) is 0 Å². The molecule has 3 atom stereocenters. The van der Waals surface area contributed by atoms with Crippen molar-refractivity contribution in [3.63, 3.8) is 0 Å². The summed E-state index contributed by atoms with van der Waals surface area (Å²) in [5.74, 6) is 0.519. The Bertz CT molecular complexity index is 541. The Balaban J connectivity index is 1.67. The van der Waals surface area contributed by atoms with E-state index in [1.165, 1.54) is 30.8 Å². The third-order valence-electron chi connectivity index (χ3n) is 5.35. The van der Waals surface area contributed by atoms with Crippen LogP contribution in [0.1, 0.15) is 19.8 Å². The molecule has 4 aliphatic rings. The summed E-state index contributed by atoms with van der Waals surface area (Å²) in [5.41, 5.74) is -0.256. The molecule has 1 aromatic carbocycles. The van der Waals surface area contributed by atoms with E-state index in [0.717, 1.165) is 6.54 Å². The third-order valence-corrected chi connectivity index (χ3v) is 6.96. The van der Waals surface area contributed by atoms with E-state index in [1.807, 2.05) is 24.8 Å². The number of carbonyl (C=O) groups is 1. The summed E-state index contributed by atoms with van der Waals surface area (Å²) < 4.78 is 6.02. The largest absolute Gasteiger partial charge is 0.456 e. The minimum atomic E-state index is -0.256. The van der Waals surface area contributed by atoms with Crippen LogP contribution in [-0.4, -0.2) is 41.4 Å². The number of piperidine rings is 3. The maximum atomic E-state index is 12.3. The fourth-order valence-electron chi connectivity index (χ4n) is 4.23. The molecule has 1 spiro atoms. The van der Waals surface area contributed by atoms with E-state index in [1.54, 1.807) is 0 Å². The molecule has 5 rings (SSSR count). The average molecular weight is 303 g/mol. The number of rotatable bonds is 2. The highest BCUT2D eigenvalue weighted by atomic mass is 32.2. The van der Waals surface area contributed by atoms with Crippen molar-refractivity contribution in [3.05, 3.63) is 30.3 Å². The van der Waals surface area contributed by atoms with E-state index in [9.17, 15) is 4.79 Å². The molecule has 0 unspecified atom stereocenters. The van der Waals surface area contributed by atoms with Crippen molar-refractivity contribution in [1.82, 2.24) is 4.90 Å². The predicted molar refractivity (Wildman–Crippen MR) is 83.2 cm³/mol. The lowest BCUT2D eigenvalue weighted by atomic mass is 9.72. The molecule has 0 saturated carbocycles. The first-order valence-electron chi connectivity index (χ1n) is 7.86. The van der Waals surface area contributed by atoms with Gasteiger partial charge in [-0.3, -0.25) is 9.69 Å². The fourth-order valence-corrected chi connectivity index (χ4v) is 5.67. The predicted octanol–water partition coefficient (Wildman–Crippen LogP) is 2.80. The van der Waals surface area contributed by atoms with Crippen molar-refractivity contribution < 1.29 is 9.53 Å². The summed E-state index contributed by atoms with van der Waals surface area (Å²) in [7, 11) is 0. The van der Waals surface area contributed by atoms with Gasteiger partial charge in [0.1, 0.15) is 5.60 Å². The van der Waals surface area contributed by atoms with Gasteiger partial charge < -0.3 is 4.74 Å². The van der Waals surface area contributed by atoms with Gasteiger partial charge in [0.05, 0.1) is 11.2 Å². The highest BCUT2D eigenvalue weighted by molar-refractivity contribution is 8.00. The Kier molecular flexibility index (Phi) is 3.27. The van der Waals surface area contributed by atoms with Crippen LogP contribution in [0.15, 0.2) is 35.2 Å². The Morgan fingerprint density at radius 2 is 1.95 bits per heavy atom. The standard InChI is InChI=1S/C17H21NO2S/c1-12-15(21-14-5-3-2-4-6-14)17(20-16(12)19)11-18-9-7-13(17)8-10-18/h2-6,12-13,15H,7-11H2,1H3/t12-,15-,17+/m1/s1. The normalized spacial score (nSPS) is 41.5. The lowest BCUT2D eigenvalue weighted by molar-refractivity contribution is -0.166. The van der Waals surface area contributed by atoms with Crippen LogP contribution in [0, 0.1) is 11.8 Å². The maximum absolute atomic E-state index is 12.3. The van der Waals surface area contributed by atoms with Gasteiger partial charge in [-0.05, 0) is 38.1 Å². The number of hydrogen-bond acceptors (Lipinski definition) is 4. The number of carbonyl (C=O) groups excluding carboxylic acids is 1. The lowest BCUT2D eigenvalue weighted by Gasteiger charge is -2.52. The maximum Gasteiger partial charge on any atom is 0.310 e. The number of hydrogen-bond donors (Lipinski definition) is 0. The molecular weight excluding hydrogens is 282 g/mol. The summed E-state index contributed by atoms with van der Waals surface area (Å²) in [6.07, 6.45) is 2.34. The Morgan fingerprint density at radius 1 is 1.24 bits per heavy atom. The zero-order valence-electron chi connectivity index (χ0n) is 12.3. The number of fused-ring (bicyclic) bond motifs is 2. The van der Waals surface area contributed by atoms with Crippen LogP contribution in [0.25, 0.3) is 0 Å². The first-order valence-corrected chi connectivity index (χ1v) is 8.74. The molecule has 0 aliphatic carbocycles. The van der Waals surface area contributed by atoms with Crippen LogP contribution in [0.3, 0.4) is 0 Å². The van der Waals surface area contributed by atoms with Gasteiger partial charge in [-0.1, -0.05) is 25.1 Å².